The predicted molar refractivity (Wildman–Crippen MR) is 75.6 cm³/mol. The summed E-state index contributed by atoms with van der Waals surface area (Å²) in [6.45, 7) is 9.32. The van der Waals surface area contributed by atoms with E-state index in [1.807, 2.05) is 49.9 Å². The Morgan fingerprint density at radius 3 is 2.26 bits per heavy atom. The highest BCUT2D eigenvalue weighted by molar-refractivity contribution is 5.94. The summed E-state index contributed by atoms with van der Waals surface area (Å²) in [5.74, 6) is 0.896. The minimum atomic E-state index is -0.218. The van der Waals surface area contributed by atoms with Crippen LogP contribution in [0.1, 0.15) is 31.1 Å². The Morgan fingerprint density at radius 1 is 1.16 bits per heavy atom. The third kappa shape index (κ3) is 3.96. The molecule has 1 amide bonds. The van der Waals surface area contributed by atoms with Gasteiger partial charge >= 0.3 is 0 Å². The second kappa shape index (κ2) is 5.61. The van der Waals surface area contributed by atoms with Crippen LogP contribution in [0.25, 0.3) is 0 Å². The molecule has 4 nitrogen and oxygen atoms in total. The van der Waals surface area contributed by atoms with Crippen molar-refractivity contribution in [3.05, 3.63) is 29.8 Å². The van der Waals surface area contributed by atoms with Crippen LogP contribution in [0.4, 0.5) is 0 Å². The van der Waals surface area contributed by atoms with Crippen LogP contribution in [-0.2, 0) is 0 Å². The Bertz CT molecular complexity index is 428. The number of carbonyl (C=O) groups is 1. The predicted octanol–water partition coefficient (Wildman–Crippen LogP) is 1.91. The zero-order chi connectivity index (χ0) is 13.9. The van der Waals surface area contributed by atoms with Gasteiger partial charge in [0.1, 0.15) is 11.4 Å². The number of amides is 1. The normalized spacial score (nSPS) is 16.3. The molecule has 0 aromatic heterocycles. The molecular formula is C15H22N2O2. The van der Waals surface area contributed by atoms with Gasteiger partial charge in [-0.25, -0.2) is 0 Å². The molecule has 0 spiro atoms. The number of nitrogens with zero attached hydrogens (tertiary/aromatic N) is 1. The van der Waals surface area contributed by atoms with E-state index < -0.39 is 0 Å². The van der Waals surface area contributed by atoms with E-state index in [0.29, 0.717) is 0 Å². The molecule has 1 N–H and O–H groups in total. The van der Waals surface area contributed by atoms with Gasteiger partial charge in [-0.3, -0.25) is 4.79 Å². The van der Waals surface area contributed by atoms with Crippen molar-refractivity contribution in [2.75, 3.05) is 26.2 Å². The summed E-state index contributed by atoms with van der Waals surface area (Å²) < 4.78 is 5.75. The monoisotopic (exact) mass is 262 g/mol. The van der Waals surface area contributed by atoms with Crippen molar-refractivity contribution in [2.45, 2.75) is 26.4 Å². The van der Waals surface area contributed by atoms with Crippen LogP contribution in [0.2, 0.25) is 0 Å². The van der Waals surface area contributed by atoms with Gasteiger partial charge in [-0.1, -0.05) is 0 Å². The second-order valence-corrected chi connectivity index (χ2v) is 5.78. The SMILES string of the molecule is CC(C)(C)Oc1ccc(C(=O)N2CCNCC2)cc1. The van der Waals surface area contributed by atoms with Crippen LogP contribution >= 0.6 is 0 Å². The van der Waals surface area contributed by atoms with Crippen molar-refractivity contribution in [2.24, 2.45) is 0 Å². The smallest absolute Gasteiger partial charge is 0.253 e. The molecule has 19 heavy (non-hydrogen) atoms. The molecule has 0 aliphatic carbocycles. The summed E-state index contributed by atoms with van der Waals surface area (Å²) in [6.07, 6.45) is 0. The van der Waals surface area contributed by atoms with Gasteiger partial charge in [-0.05, 0) is 45.0 Å². The quantitative estimate of drug-likeness (QED) is 0.885. The Hall–Kier alpha value is -1.55. The van der Waals surface area contributed by atoms with Gasteiger partial charge < -0.3 is 15.0 Å². The molecule has 0 radical (unpaired) electrons. The molecule has 0 unspecified atom stereocenters. The average Bonchev–Trinajstić information content (AvgIpc) is 2.38. The fraction of sp³-hybridized carbons (Fsp3) is 0.533. The Morgan fingerprint density at radius 2 is 1.74 bits per heavy atom. The number of piperazine rings is 1. The number of rotatable bonds is 2. The molecule has 0 saturated carbocycles. The van der Waals surface area contributed by atoms with E-state index in [4.69, 9.17) is 4.74 Å². The molecule has 0 atom stereocenters. The van der Waals surface area contributed by atoms with Crippen LogP contribution < -0.4 is 10.1 Å². The first-order chi connectivity index (χ1) is 8.96. The minimum Gasteiger partial charge on any atom is -0.488 e. The van der Waals surface area contributed by atoms with E-state index in [0.717, 1.165) is 37.5 Å². The van der Waals surface area contributed by atoms with Gasteiger partial charge in [0.05, 0.1) is 0 Å². The lowest BCUT2D eigenvalue weighted by Crippen LogP contribution is -2.46. The standard InChI is InChI=1S/C15H22N2O2/c1-15(2,3)19-13-6-4-12(5-7-13)14(18)17-10-8-16-9-11-17/h4-7,16H,8-11H2,1-3H3. The van der Waals surface area contributed by atoms with Crippen LogP contribution in [0.5, 0.6) is 5.75 Å². The molecule has 1 fully saturated rings. The molecule has 2 rings (SSSR count). The average molecular weight is 262 g/mol. The lowest BCUT2D eigenvalue weighted by atomic mass is 10.1. The summed E-state index contributed by atoms with van der Waals surface area (Å²) in [7, 11) is 0. The van der Waals surface area contributed by atoms with E-state index in [2.05, 4.69) is 5.32 Å². The van der Waals surface area contributed by atoms with Crippen molar-refractivity contribution in [3.63, 3.8) is 0 Å². The van der Waals surface area contributed by atoms with Crippen LogP contribution in [0.15, 0.2) is 24.3 Å². The zero-order valence-electron chi connectivity index (χ0n) is 11.9. The maximum Gasteiger partial charge on any atom is 0.253 e. The van der Waals surface area contributed by atoms with Gasteiger partial charge in [-0.2, -0.15) is 0 Å². The molecule has 104 valence electrons. The second-order valence-electron chi connectivity index (χ2n) is 5.78. The van der Waals surface area contributed by atoms with Crippen LogP contribution in [0, 0.1) is 0 Å². The van der Waals surface area contributed by atoms with Gasteiger partial charge in [0, 0.05) is 31.7 Å². The number of hydrogen-bond donors (Lipinski definition) is 1. The number of hydrogen-bond acceptors (Lipinski definition) is 3. The molecule has 1 aromatic rings. The molecule has 1 heterocycles. The fourth-order valence-electron chi connectivity index (χ4n) is 2.07. The van der Waals surface area contributed by atoms with Crippen molar-refractivity contribution in [3.8, 4) is 5.75 Å². The highest BCUT2D eigenvalue weighted by Gasteiger charge is 2.18. The van der Waals surface area contributed by atoms with Crippen molar-refractivity contribution < 1.29 is 9.53 Å². The first-order valence-electron chi connectivity index (χ1n) is 6.75. The minimum absolute atomic E-state index is 0.101. The van der Waals surface area contributed by atoms with E-state index >= 15 is 0 Å². The van der Waals surface area contributed by atoms with E-state index in [9.17, 15) is 4.79 Å². The first kappa shape index (κ1) is 13.9. The molecule has 1 aliphatic rings. The summed E-state index contributed by atoms with van der Waals surface area (Å²) in [4.78, 5) is 14.1. The number of benzene rings is 1. The lowest BCUT2D eigenvalue weighted by molar-refractivity contribution is 0.0735. The van der Waals surface area contributed by atoms with Gasteiger partial charge in [0.25, 0.3) is 5.91 Å². The summed E-state index contributed by atoms with van der Waals surface area (Å²) >= 11 is 0. The Labute approximate surface area is 114 Å². The van der Waals surface area contributed by atoms with E-state index in [-0.39, 0.29) is 11.5 Å². The topological polar surface area (TPSA) is 41.6 Å². The van der Waals surface area contributed by atoms with Crippen molar-refractivity contribution >= 4 is 5.91 Å². The molecule has 4 heteroatoms. The molecule has 1 aliphatic heterocycles. The Kier molecular flexibility index (Phi) is 4.10. The molecular weight excluding hydrogens is 240 g/mol. The third-order valence-corrected chi connectivity index (χ3v) is 2.93. The van der Waals surface area contributed by atoms with Gasteiger partial charge in [-0.15, -0.1) is 0 Å². The van der Waals surface area contributed by atoms with Crippen molar-refractivity contribution in [1.29, 1.82) is 0 Å². The number of ether oxygens (including phenoxy) is 1. The molecule has 1 saturated heterocycles. The lowest BCUT2D eigenvalue weighted by Gasteiger charge is -2.27. The van der Waals surface area contributed by atoms with Crippen molar-refractivity contribution in [1.82, 2.24) is 10.2 Å². The maximum absolute atomic E-state index is 12.3. The summed E-state index contributed by atoms with van der Waals surface area (Å²) in [5, 5.41) is 3.24. The Balaban J connectivity index is 2.03. The number of carbonyl (C=O) groups excluding carboxylic acids is 1. The third-order valence-electron chi connectivity index (χ3n) is 2.93. The highest BCUT2D eigenvalue weighted by atomic mass is 16.5. The van der Waals surface area contributed by atoms with Crippen LogP contribution in [-0.4, -0.2) is 42.6 Å². The van der Waals surface area contributed by atoms with Crippen LogP contribution in [0.3, 0.4) is 0 Å². The zero-order valence-corrected chi connectivity index (χ0v) is 11.9. The maximum atomic E-state index is 12.3. The van der Waals surface area contributed by atoms with E-state index in [1.54, 1.807) is 0 Å². The largest absolute Gasteiger partial charge is 0.488 e. The molecule has 1 aromatic carbocycles. The summed E-state index contributed by atoms with van der Waals surface area (Å²) in [5.41, 5.74) is 0.507. The summed E-state index contributed by atoms with van der Waals surface area (Å²) in [6, 6.07) is 7.40. The first-order valence-corrected chi connectivity index (χ1v) is 6.75. The van der Waals surface area contributed by atoms with Gasteiger partial charge in [0.2, 0.25) is 0 Å². The fourth-order valence-corrected chi connectivity index (χ4v) is 2.07. The van der Waals surface area contributed by atoms with E-state index in [1.165, 1.54) is 0 Å². The highest BCUT2D eigenvalue weighted by Crippen LogP contribution is 2.19. The van der Waals surface area contributed by atoms with Gasteiger partial charge in [0.15, 0.2) is 0 Å². The molecule has 0 bridgehead atoms. The number of nitrogens with one attached hydrogen (secondary N) is 1.